The van der Waals surface area contributed by atoms with Crippen molar-refractivity contribution in [1.29, 1.82) is 0 Å². The van der Waals surface area contributed by atoms with Gasteiger partial charge in [-0.1, -0.05) is 48.5 Å². The van der Waals surface area contributed by atoms with Gasteiger partial charge in [0.05, 0.1) is 0 Å². The molecule has 0 saturated heterocycles. The van der Waals surface area contributed by atoms with Crippen molar-refractivity contribution >= 4 is 16.5 Å². The maximum Gasteiger partial charge on any atom is 0.253 e. The molecule has 0 bridgehead atoms. The fraction of sp³-hybridized carbons (Fsp3) is 0.0667. The van der Waals surface area contributed by atoms with Crippen LogP contribution >= 0.6 is 11.5 Å². The van der Waals surface area contributed by atoms with E-state index in [1.54, 1.807) is 11.5 Å². The molecule has 3 aromatic rings. The summed E-state index contributed by atoms with van der Waals surface area (Å²) in [6.07, 6.45) is 0. The van der Waals surface area contributed by atoms with Crippen LogP contribution in [0.3, 0.4) is 0 Å². The lowest BCUT2D eigenvalue weighted by Crippen LogP contribution is -2.28. The first-order chi connectivity index (χ1) is 9.38. The van der Waals surface area contributed by atoms with Gasteiger partial charge in [0.2, 0.25) is 0 Å². The van der Waals surface area contributed by atoms with E-state index in [4.69, 9.17) is 5.10 Å². The summed E-state index contributed by atoms with van der Waals surface area (Å²) in [6.45, 7) is 0. The molecule has 0 radical (unpaired) electrons. The number of hydrogen-bond donors (Lipinski definition) is 1. The number of nitrogens with zero attached hydrogens (tertiary/aromatic N) is 2. The maximum atomic E-state index is 4.69. The standard InChI is InChI=1S/C15H13N3S/c1-16-15-14(12-8-4-2-5-9-12)17-18(19-15)13-10-6-3-7-11-13/h2-11H,1H3/p+1. The Morgan fingerprint density at radius 2 is 1.58 bits per heavy atom. The summed E-state index contributed by atoms with van der Waals surface area (Å²) in [6, 6.07) is 20.4. The Kier molecular flexibility index (Phi) is 3.25. The van der Waals surface area contributed by atoms with Crippen molar-refractivity contribution in [2.75, 3.05) is 12.4 Å². The third-order valence-corrected chi connectivity index (χ3v) is 3.88. The minimum Gasteiger partial charge on any atom is -0.373 e. The first-order valence-electron chi connectivity index (χ1n) is 6.11. The summed E-state index contributed by atoms with van der Waals surface area (Å²) in [5.74, 6) is 0. The van der Waals surface area contributed by atoms with E-state index in [9.17, 15) is 0 Å². The molecular weight excluding hydrogens is 254 g/mol. The molecule has 0 fully saturated rings. The first-order valence-corrected chi connectivity index (χ1v) is 6.88. The van der Waals surface area contributed by atoms with Crippen LogP contribution < -0.4 is 9.39 Å². The van der Waals surface area contributed by atoms with Crippen LogP contribution in [-0.4, -0.2) is 12.1 Å². The molecule has 0 saturated carbocycles. The molecule has 19 heavy (non-hydrogen) atoms. The van der Waals surface area contributed by atoms with E-state index in [1.165, 1.54) is 0 Å². The Bertz CT molecular complexity index is 662. The van der Waals surface area contributed by atoms with E-state index in [0.717, 1.165) is 21.9 Å². The van der Waals surface area contributed by atoms with Gasteiger partial charge < -0.3 is 5.32 Å². The van der Waals surface area contributed by atoms with Crippen LogP contribution in [0.15, 0.2) is 60.7 Å². The number of anilines is 1. The molecule has 0 unspecified atom stereocenters. The summed E-state index contributed by atoms with van der Waals surface area (Å²) in [5.41, 5.74) is 3.18. The zero-order valence-electron chi connectivity index (χ0n) is 10.6. The van der Waals surface area contributed by atoms with Gasteiger partial charge in [-0.25, -0.2) is 0 Å². The second kappa shape index (κ2) is 5.20. The lowest BCUT2D eigenvalue weighted by Gasteiger charge is -1.95. The summed E-state index contributed by atoms with van der Waals surface area (Å²) >= 11 is 1.60. The Balaban J connectivity index is 2.09. The van der Waals surface area contributed by atoms with E-state index in [2.05, 4.69) is 29.6 Å². The van der Waals surface area contributed by atoms with Crippen molar-refractivity contribution in [2.45, 2.75) is 0 Å². The molecule has 0 amide bonds. The summed E-state index contributed by atoms with van der Waals surface area (Å²) in [7, 11) is 1.93. The number of benzene rings is 2. The average molecular weight is 268 g/mol. The van der Waals surface area contributed by atoms with Gasteiger partial charge in [-0.15, -0.1) is 0 Å². The normalized spacial score (nSPS) is 10.4. The van der Waals surface area contributed by atoms with Gasteiger partial charge in [-0.3, -0.25) is 0 Å². The minimum atomic E-state index is 0.983. The number of para-hydroxylation sites is 1. The zero-order chi connectivity index (χ0) is 13.1. The van der Waals surface area contributed by atoms with E-state index < -0.39 is 0 Å². The average Bonchev–Trinajstić information content (AvgIpc) is 2.93. The third-order valence-electron chi connectivity index (χ3n) is 2.84. The van der Waals surface area contributed by atoms with Gasteiger partial charge in [0.25, 0.3) is 5.69 Å². The SMILES string of the molecule is CNc1s[n+](-c2ccccc2)nc1-c1ccccc1. The summed E-state index contributed by atoms with van der Waals surface area (Å²) in [4.78, 5) is 0. The van der Waals surface area contributed by atoms with Gasteiger partial charge >= 0.3 is 0 Å². The highest BCUT2D eigenvalue weighted by molar-refractivity contribution is 7.07. The van der Waals surface area contributed by atoms with Crippen molar-refractivity contribution in [3.8, 4) is 16.9 Å². The van der Waals surface area contributed by atoms with Crippen LogP contribution in [-0.2, 0) is 0 Å². The Labute approximate surface area is 116 Å². The lowest BCUT2D eigenvalue weighted by molar-refractivity contribution is -0.587. The Hall–Kier alpha value is -2.20. The van der Waals surface area contributed by atoms with E-state index in [1.807, 2.05) is 47.5 Å². The second-order valence-electron chi connectivity index (χ2n) is 4.09. The molecule has 0 spiro atoms. The highest BCUT2D eigenvalue weighted by Gasteiger charge is 2.20. The Morgan fingerprint density at radius 3 is 2.21 bits per heavy atom. The highest BCUT2D eigenvalue weighted by Crippen LogP contribution is 2.27. The predicted octanol–water partition coefficient (Wildman–Crippen LogP) is 3.13. The fourth-order valence-electron chi connectivity index (χ4n) is 1.90. The van der Waals surface area contributed by atoms with Crippen LogP contribution in [0.25, 0.3) is 16.9 Å². The monoisotopic (exact) mass is 268 g/mol. The van der Waals surface area contributed by atoms with Gasteiger partial charge in [0.1, 0.15) is 0 Å². The van der Waals surface area contributed by atoms with Gasteiger partial charge in [0, 0.05) is 33.9 Å². The van der Waals surface area contributed by atoms with Gasteiger partial charge in [-0.2, -0.15) is 0 Å². The molecule has 0 atom stereocenters. The quantitative estimate of drug-likeness (QED) is 0.739. The van der Waals surface area contributed by atoms with Crippen molar-refractivity contribution in [3.05, 3.63) is 60.7 Å². The number of aromatic nitrogens is 2. The lowest BCUT2D eigenvalue weighted by atomic mass is 10.2. The minimum absolute atomic E-state index is 0.983. The largest absolute Gasteiger partial charge is 0.373 e. The molecule has 0 aliphatic heterocycles. The number of hydrogen-bond acceptors (Lipinski definition) is 3. The highest BCUT2D eigenvalue weighted by atomic mass is 32.1. The van der Waals surface area contributed by atoms with Crippen molar-refractivity contribution in [3.63, 3.8) is 0 Å². The summed E-state index contributed by atoms with van der Waals surface area (Å²) in [5, 5.41) is 8.98. The molecule has 0 aliphatic carbocycles. The summed E-state index contributed by atoms with van der Waals surface area (Å²) < 4.78 is 1.94. The Morgan fingerprint density at radius 1 is 0.947 bits per heavy atom. The van der Waals surface area contributed by atoms with Crippen molar-refractivity contribution in [1.82, 2.24) is 5.10 Å². The molecule has 1 heterocycles. The van der Waals surface area contributed by atoms with Crippen molar-refractivity contribution in [2.24, 2.45) is 0 Å². The molecule has 1 N–H and O–H groups in total. The molecule has 1 aromatic heterocycles. The van der Waals surface area contributed by atoms with Crippen LogP contribution in [0.2, 0.25) is 0 Å². The maximum absolute atomic E-state index is 4.69. The first kappa shape index (κ1) is 11.9. The van der Waals surface area contributed by atoms with Crippen LogP contribution in [0.4, 0.5) is 5.00 Å². The molecule has 94 valence electrons. The smallest absolute Gasteiger partial charge is 0.253 e. The van der Waals surface area contributed by atoms with Crippen LogP contribution in [0, 0.1) is 0 Å². The van der Waals surface area contributed by atoms with E-state index in [-0.39, 0.29) is 0 Å². The molecule has 0 aliphatic rings. The topological polar surface area (TPSA) is 28.8 Å². The van der Waals surface area contributed by atoms with E-state index >= 15 is 0 Å². The van der Waals surface area contributed by atoms with Crippen LogP contribution in [0.5, 0.6) is 0 Å². The van der Waals surface area contributed by atoms with Gasteiger partial charge in [0.15, 0.2) is 22.2 Å². The number of rotatable bonds is 3. The molecule has 2 aromatic carbocycles. The molecule has 3 nitrogen and oxygen atoms in total. The van der Waals surface area contributed by atoms with E-state index in [0.29, 0.717) is 0 Å². The zero-order valence-corrected chi connectivity index (χ0v) is 11.4. The molecule has 3 rings (SSSR count). The third kappa shape index (κ3) is 2.35. The molecular formula is C15H14N3S+. The fourth-order valence-corrected chi connectivity index (χ4v) is 2.76. The second-order valence-corrected chi connectivity index (χ2v) is 5.03. The van der Waals surface area contributed by atoms with Crippen LogP contribution in [0.1, 0.15) is 0 Å². The molecule has 4 heteroatoms. The predicted molar refractivity (Wildman–Crippen MR) is 78.6 cm³/mol. The van der Waals surface area contributed by atoms with Gasteiger partial charge in [-0.05, 0) is 0 Å². The number of nitrogens with one attached hydrogen (secondary N) is 1. The van der Waals surface area contributed by atoms with Crippen molar-refractivity contribution < 1.29 is 4.07 Å².